The van der Waals surface area contributed by atoms with Crippen molar-refractivity contribution in [3.05, 3.63) is 0 Å². The number of thioether (sulfide) groups is 1. The Morgan fingerprint density at radius 2 is 2.18 bits per heavy atom. The minimum Gasteiger partial charge on any atom is -0.279 e. The zero-order chi connectivity index (χ0) is 8.43. The SMILES string of the molecule is CC1=N[C@H](CC(C)C)S[C@@H]1C. The molecule has 0 aromatic heterocycles. The molecule has 64 valence electrons. The topological polar surface area (TPSA) is 12.4 Å². The van der Waals surface area contributed by atoms with Gasteiger partial charge in [-0.25, -0.2) is 0 Å². The Hall–Kier alpha value is 0.0200. The van der Waals surface area contributed by atoms with Crippen molar-refractivity contribution in [2.75, 3.05) is 0 Å². The minimum atomic E-state index is 0.546. The van der Waals surface area contributed by atoms with Gasteiger partial charge in [0.1, 0.15) is 0 Å². The number of hydrogen-bond donors (Lipinski definition) is 0. The van der Waals surface area contributed by atoms with E-state index in [0.29, 0.717) is 10.6 Å². The van der Waals surface area contributed by atoms with Crippen molar-refractivity contribution >= 4 is 17.5 Å². The Morgan fingerprint density at radius 3 is 2.55 bits per heavy atom. The maximum Gasteiger partial charge on any atom is 0.0959 e. The molecule has 1 heterocycles. The first-order chi connectivity index (χ1) is 5.09. The van der Waals surface area contributed by atoms with Crippen LogP contribution in [0.3, 0.4) is 0 Å². The Kier molecular flexibility index (Phi) is 2.99. The summed E-state index contributed by atoms with van der Waals surface area (Å²) >= 11 is 2.00. The third kappa shape index (κ3) is 2.51. The van der Waals surface area contributed by atoms with E-state index in [9.17, 15) is 0 Å². The number of aliphatic imine (C=N–C) groups is 1. The Labute approximate surface area is 73.7 Å². The molecule has 0 radical (unpaired) electrons. The Balaban J connectivity index is 2.41. The first kappa shape index (κ1) is 9.11. The summed E-state index contributed by atoms with van der Waals surface area (Å²) in [7, 11) is 0. The first-order valence-electron chi connectivity index (χ1n) is 4.29. The molecule has 0 unspecified atom stereocenters. The predicted octanol–water partition coefficient (Wildman–Crippen LogP) is 2.95. The second-order valence-corrected chi connectivity index (χ2v) is 5.16. The Morgan fingerprint density at radius 1 is 1.55 bits per heavy atom. The standard InChI is InChI=1S/C9H17NS/c1-6(2)5-9-10-7(3)8(4)11-9/h6,8-9H,5H2,1-4H3/t8-,9+/m1/s1. The van der Waals surface area contributed by atoms with Crippen LogP contribution in [0.15, 0.2) is 4.99 Å². The summed E-state index contributed by atoms with van der Waals surface area (Å²) in [5, 5.41) is 1.20. The molecule has 0 N–H and O–H groups in total. The van der Waals surface area contributed by atoms with Gasteiger partial charge in [0.05, 0.1) is 5.37 Å². The highest BCUT2D eigenvalue weighted by atomic mass is 32.2. The smallest absolute Gasteiger partial charge is 0.0959 e. The fourth-order valence-corrected chi connectivity index (χ4v) is 2.66. The van der Waals surface area contributed by atoms with Gasteiger partial charge in [0, 0.05) is 11.0 Å². The van der Waals surface area contributed by atoms with Gasteiger partial charge in [-0.3, -0.25) is 4.99 Å². The van der Waals surface area contributed by atoms with E-state index in [2.05, 4.69) is 32.7 Å². The molecule has 2 atom stereocenters. The molecule has 0 saturated heterocycles. The van der Waals surface area contributed by atoms with Crippen molar-refractivity contribution in [2.45, 2.75) is 44.7 Å². The van der Waals surface area contributed by atoms with Crippen LogP contribution in [0.25, 0.3) is 0 Å². The molecule has 0 fully saturated rings. The first-order valence-corrected chi connectivity index (χ1v) is 5.23. The van der Waals surface area contributed by atoms with E-state index in [1.807, 2.05) is 11.8 Å². The normalized spacial score (nSPS) is 31.2. The summed E-state index contributed by atoms with van der Waals surface area (Å²) in [5.41, 5.74) is 1.32. The van der Waals surface area contributed by atoms with Crippen LogP contribution in [0.4, 0.5) is 0 Å². The summed E-state index contributed by atoms with van der Waals surface area (Å²) in [6.07, 6.45) is 1.23. The van der Waals surface area contributed by atoms with Crippen LogP contribution in [0.1, 0.15) is 34.1 Å². The molecule has 2 heteroatoms. The second-order valence-electron chi connectivity index (χ2n) is 3.63. The maximum atomic E-state index is 4.59. The lowest BCUT2D eigenvalue weighted by atomic mass is 10.1. The van der Waals surface area contributed by atoms with E-state index in [1.165, 1.54) is 12.1 Å². The number of rotatable bonds is 2. The van der Waals surface area contributed by atoms with Crippen LogP contribution >= 0.6 is 11.8 Å². The van der Waals surface area contributed by atoms with Crippen molar-refractivity contribution < 1.29 is 0 Å². The summed E-state index contributed by atoms with van der Waals surface area (Å²) in [6, 6.07) is 0. The number of nitrogens with zero attached hydrogens (tertiary/aromatic N) is 1. The maximum absolute atomic E-state index is 4.59. The second kappa shape index (κ2) is 3.61. The highest BCUT2D eigenvalue weighted by Gasteiger charge is 2.22. The summed E-state index contributed by atoms with van der Waals surface area (Å²) in [4.78, 5) is 4.59. The molecular formula is C9H17NS. The van der Waals surface area contributed by atoms with Crippen molar-refractivity contribution in [3.63, 3.8) is 0 Å². The molecule has 1 rings (SSSR count). The Bertz CT molecular complexity index is 163. The third-order valence-corrected chi connectivity index (χ3v) is 3.33. The van der Waals surface area contributed by atoms with Crippen molar-refractivity contribution in [1.29, 1.82) is 0 Å². The lowest BCUT2D eigenvalue weighted by Crippen LogP contribution is -2.03. The monoisotopic (exact) mass is 171 g/mol. The van der Waals surface area contributed by atoms with Crippen LogP contribution in [0.2, 0.25) is 0 Å². The molecule has 1 aliphatic heterocycles. The van der Waals surface area contributed by atoms with E-state index in [1.54, 1.807) is 0 Å². The van der Waals surface area contributed by atoms with Gasteiger partial charge in [-0.05, 0) is 26.2 Å². The fourth-order valence-electron chi connectivity index (χ4n) is 1.21. The van der Waals surface area contributed by atoms with E-state index in [-0.39, 0.29) is 0 Å². The van der Waals surface area contributed by atoms with Gasteiger partial charge in [-0.1, -0.05) is 13.8 Å². The fraction of sp³-hybridized carbons (Fsp3) is 0.889. The van der Waals surface area contributed by atoms with Gasteiger partial charge in [0.25, 0.3) is 0 Å². The van der Waals surface area contributed by atoms with Crippen molar-refractivity contribution in [3.8, 4) is 0 Å². The zero-order valence-corrected chi connectivity index (χ0v) is 8.61. The largest absolute Gasteiger partial charge is 0.279 e. The van der Waals surface area contributed by atoms with E-state index in [0.717, 1.165) is 5.92 Å². The molecule has 0 saturated carbocycles. The summed E-state index contributed by atoms with van der Waals surface area (Å²) in [5.74, 6) is 0.773. The average Bonchev–Trinajstić information content (AvgIpc) is 2.10. The highest BCUT2D eigenvalue weighted by molar-refractivity contribution is 8.01. The predicted molar refractivity (Wildman–Crippen MR) is 53.4 cm³/mol. The summed E-state index contributed by atoms with van der Waals surface area (Å²) in [6.45, 7) is 8.89. The number of hydrogen-bond acceptors (Lipinski definition) is 2. The zero-order valence-electron chi connectivity index (χ0n) is 7.79. The molecule has 0 spiro atoms. The lowest BCUT2D eigenvalue weighted by molar-refractivity contribution is 0.579. The van der Waals surface area contributed by atoms with Crippen LogP contribution in [-0.2, 0) is 0 Å². The van der Waals surface area contributed by atoms with Crippen molar-refractivity contribution in [2.24, 2.45) is 10.9 Å². The molecule has 1 nitrogen and oxygen atoms in total. The molecule has 1 aliphatic rings. The molecule has 0 aromatic rings. The van der Waals surface area contributed by atoms with Crippen LogP contribution < -0.4 is 0 Å². The van der Waals surface area contributed by atoms with Gasteiger partial charge < -0.3 is 0 Å². The quantitative estimate of drug-likeness (QED) is 0.622. The van der Waals surface area contributed by atoms with E-state index < -0.39 is 0 Å². The van der Waals surface area contributed by atoms with Gasteiger partial charge in [-0.15, -0.1) is 11.8 Å². The van der Waals surface area contributed by atoms with Gasteiger partial charge >= 0.3 is 0 Å². The molecule has 11 heavy (non-hydrogen) atoms. The lowest BCUT2D eigenvalue weighted by Gasteiger charge is -2.09. The molecule has 0 aromatic carbocycles. The van der Waals surface area contributed by atoms with E-state index in [4.69, 9.17) is 0 Å². The van der Waals surface area contributed by atoms with Gasteiger partial charge in [0.2, 0.25) is 0 Å². The molecule has 0 bridgehead atoms. The van der Waals surface area contributed by atoms with Crippen LogP contribution in [0.5, 0.6) is 0 Å². The highest BCUT2D eigenvalue weighted by Crippen LogP contribution is 2.31. The average molecular weight is 171 g/mol. The van der Waals surface area contributed by atoms with Gasteiger partial charge in [-0.2, -0.15) is 0 Å². The third-order valence-electron chi connectivity index (χ3n) is 1.97. The molecule has 0 aliphatic carbocycles. The van der Waals surface area contributed by atoms with Crippen LogP contribution in [-0.4, -0.2) is 16.3 Å². The summed E-state index contributed by atoms with van der Waals surface area (Å²) < 4.78 is 0. The van der Waals surface area contributed by atoms with Crippen molar-refractivity contribution in [1.82, 2.24) is 0 Å². The van der Waals surface area contributed by atoms with Gasteiger partial charge in [0.15, 0.2) is 0 Å². The molecular weight excluding hydrogens is 154 g/mol. The minimum absolute atomic E-state index is 0.546. The van der Waals surface area contributed by atoms with Crippen LogP contribution in [0, 0.1) is 5.92 Å². The van der Waals surface area contributed by atoms with E-state index >= 15 is 0 Å². The molecule has 0 amide bonds.